The first kappa shape index (κ1) is 22.9. The molecule has 0 saturated heterocycles. The second-order valence-electron chi connectivity index (χ2n) is 9.08. The van der Waals surface area contributed by atoms with Crippen molar-refractivity contribution in [3.8, 4) is 17.2 Å². The van der Waals surface area contributed by atoms with E-state index in [0.29, 0.717) is 42.4 Å². The summed E-state index contributed by atoms with van der Waals surface area (Å²) in [6.07, 6.45) is 1.23. The Morgan fingerprint density at radius 1 is 0.970 bits per heavy atom. The van der Waals surface area contributed by atoms with E-state index in [2.05, 4.69) is 19.2 Å². The van der Waals surface area contributed by atoms with Gasteiger partial charge in [-0.15, -0.1) is 0 Å². The topological polar surface area (TPSA) is 73.9 Å². The fourth-order valence-corrected chi connectivity index (χ4v) is 4.75. The van der Waals surface area contributed by atoms with Crippen molar-refractivity contribution in [3.05, 3.63) is 64.9 Å². The van der Waals surface area contributed by atoms with Gasteiger partial charge in [0.15, 0.2) is 17.3 Å². The van der Waals surface area contributed by atoms with Crippen molar-refractivity contribution in [2.75, 3.05) is 20.8 Å². The van der Waals surface area contributed by atoms with Crippen molar-refractivity contribution in [1.82, 2.24) is 5.32 Å². The Morgan fingerprint density at radius 3 is 2.39 bits per heavy atom. The van der Waals surface area contributed by atoms with Gasteiger partial charge >= 0.3 is 0 Å². The molecule has 33 heavy (non-hydrogen) atoms. The van der Waals surface area contributed by atoms with Gasteiger partial charge in [0.2, 0.25) is 5.91 Å². The van der Waals surface area contributed by atoms with Crippen LogP contribution in [0.2, 0.25) is 0 Å². The molecule has 1 aliphatic heterocycles. The van der Waals surface area contributed by atoms with Crippen LogP contribution in [0.25, 0.3) is 0 Å². The van der Waals surface area contributed by atoms with Crippen LogP contribution < -0.4 is 19.5 Å². The van der Waals surface area contributed by atoms with Crippen LogP contribution in [0.3, 0.4) is 0 Å². The number of hydrogen-bond donors (Lipinski definition) is 1. The predicted molar refractivity (Wildman–Crippen MR) is 126 cm³/mol. The van der Waals surface area contributed by atoms with Gasteiger partial charge in [-0.05, 0) is 42.0 Å². The third-order valence-electron chi connectivity index (χ3n) is 6.28. The monoisotopic (exact) mass is 449 g/mol. The number of rotatable bonds is 7. The normalized spacial score (nSPS) is 20.4. The summed E-state index contributed by atoms with van der Waals surface area (Å²) in [5.41, 5.74) is 3.29. The highest BCUT2D eigenvalue weighted by atomic mass is 16.5. The van der Waals surface area contributed by atoms with Crippen LogP contribution in [0.1, 0.15) is 56.1 Å². The molecule has 6 nitrogen and oxygen atoms in total. The largest absolute Gasteiger partial charge is 0.493 e. The van der Waals surface area contributed by atoms with Crippen molar-refractivity contribution in [3.63, 3.8) is 0 Å². The molecule has 6 heteroatoms. The summed E-state index contributed by atoms with van der Waals surface area (Å²) < 4.78 is 16.8. The Kier molecular flexibility index (Phi) is 6.72. The lowest BCUT2D eigenvalue weighted by molar-refractivity contribution is -0.122. The molecule has 0 radical (unpaired) electrons. The summed E-state index contributed by atoms with van der Waals surface area (Å²) in [5.74, 6) is 2.08. The van der Waals surface area contributed by atoms with Crippen LogP contribution in [0, 0.1) is 5.92 Å². The lowest BCUT2D eigenvalue weighted by Crippen LogP contribution is -2.38. The number of ether oxygens (including phenoxy) is 3. The molecule has 2 aromatic rings. The molecule has 0 fully saturated rings. The molecule has 1 aliphatic carbocycles. The molecule has 1 N–H and O–H groups in total. The summed E-state index contributed by atoms with van der Waals surface area (Å²) in [5, 5.41) is 2.98. The Labute approximate surface area is 194 Å². The average Bonchev–Trinajstić information content (AvgIpc) is 2.81. The minimum Gasteiger partial charge on any atom is -0.493 e. The standard InChI is InChI=1S/C27H31NO5/c1-16(2)15-33-19-10-8-17(9-11-19)18-12-22-26(23(29)13-18)21(14-25(30)28-22)20-6-5-7-24(31-3)27(20)32-4/h5-11,16,18,21H,12-15H2,1-4H3,(H,28,30). The predicted octanol–water partition coefficient (Wildman–Crippen LogP) is 4.74. The van der Waals surface area contributed by atoms with Gasteiger partial charge in [-0.1, -0.05) is 38.1 Å². The van der Waals surface area contributed by atoms with Crippen molar-refractivity contribution >= 4 is 11.7 Å². The van der Waals surface area contributed by atoms with Gasteiger partial charge in [0.25, 0.3) is 0 Å². The number of carbonyl (C=O) groups excluding carboxylic acids is 2. The number of methoxy groups -OCH3 is 2. The van der Waals surface area contributed by atoms with Crippen LogP contribution >= 0.6 is 0 Å². The SMILES string of the molecule is COc1cccc(C2CC(=O)NC3=C2C(=O)CC(c2ccc(OCC(C)C)cc2)C3)c1OC. The number of ketones is 1. The van der Waals surface area contributed by atoms with Gasteiger partial charge in [0, 0.05) is 35.6 Å². The second kappa shape index (κ2) is 9.69. The molecular weight excluding hydrogens is 418 g/mol. The molecule has 1 heterocycles. The average molecular weight is 450 g/mol. The Balaban J connectivity index is 1.63. The van der Waals surface area contributed by atoms with E-state index in [1.54, 1.807) is 14.2 Å². The van der Waals surface area contributed by atoms with Gasteiger partial charge in [-0.25, -0.2) is 0 Å². The first-order valence-electron chi connectivity index (χ1n) is 11.4. The molecule has 4 rings (SSSR count). The minimum absolute atomic E-state index is 0.0154. The molecule has 1 amide bonds. The summed E-state index contributed by atoms with van der Waals surface area (Å²) in [6.45, 7) is 4.89. The van der Waals surface area contributed by atoms with Crippen molar-refractivity contribution in [2.24, 2.45) is 5.92 Å². The highest BCUT2D eigenvalue weighted by molar-refractivity contribution is 6.02. The number of carbonyl (C=O) groups is 2. The van der Waals surface area contributed by atoms with Gasteiger partial charge in [-0.2, -0.15) is 0 Å². The summed E-state index contributed by atoms with van der Waals surface area (Å²) in [7, 11) is 3.15. The fourth-order valence-electron chi connectivity index (χ4n) is 4.75. The molecule has 0 aromatic heterocycles. The van der Waals surface area contributed by atoms with Crippen LogP contribution in [-0.4, -0.2) is 32.5 Å². The minimum atomic E-state index is -0.348. The first-order valence-corrected chi connectivity index (χ1v) is 11.4. The van der Waals surface area contributed by atoms with Crippen LogP contribution in [0.15, 0.2) is 53.7 Å². The number of nitrogens with one attached hydrogen (secondary N) is 1. The zero-order valence-corrected chi connectivity index (χ0v) is 19.6. The van der Waals surface area contributed by atoms with Crippen molar-refractivity contribution < 1.29 is 23.8 Å². The van der Waals surface area contributed by atoms with Crippen molar-refractivity contribution in [1.29, 1.82) is 0 Å². The van der Waals surface area contributed by atoms with Crippen LogP contribution in [0.4, 0.5) is 0 Å². The molecule has 0 spiro atoms. The van der Waals surface area contributed by atoms with E-state index in [1.807, 2.05) is 42.5 Å². The number of amides is 1. The summed E-state index contributed by atoms with van der Waals surface area (Å²) in [4.78, 5) is 26.0. The Morgan fingerprint density at radius 2 is 1.73 bits per heavy atom. The number of allylic oxidation sites excluding steroid dienone is 2. The molecule has 0 saturated carbocycles. The lowest BCUT2D eigenvalue weighted by atomic mass is 9.73. The quantitative estimate of drug-likeness (QED) is 0.661. The zero-order valence-electron chi connectivity index (χ0n) is 19.6. The van der Waals surface area contributed by atoms with E-state index in [4.69, 9.17) is 14.2 Å². The van der Waals surface area contributed by atoms with Gasteiger partial charge in [0.1, 0.15) is 5.75 Å². The number of hydrogen-bond acceptors (Lipinski definition) is 5. The Hall–Kier alpha value is -3.28. The van der Waals surface area contributed by atoms with Gasteiger partial charge in [0.05, 0.1) is 20.8 Å². The molecule has 0 bridgehead atoms. The van der Waals surface area contributed by atoms with E-state index < -0.39 is 0 Å². The molecule has 2 aliphatic rings. The molecule has 174 valence electrons. The maximum Gasteiger partial charge on any atom is 0.225 e. The van der Waals surface area contributed by atoms with Crippen LogP contribution in [-0.2, 0) is 9.59 Å². The third kappa shape index (κ3) is 4.75. The van der Waals surface area contributed by atoms with Crippen molar-refractivity contribution in [2.45, 2.75) is 44.9 Å². The molecule has 2 atom stereocenters. The van der Waals surface area contributed by atoms with E-state index >= 15 is 0 Å². The van der Waals surface area contributed by atoms with Gasteiger partial charge < -0.3 is 19.5 Å². The number of para-hydroxylation sites is 1. The van der Waals surface area contributed by atoms with Crippen LogP contribution in [0.5, 0.6) is 17.2 Å². The molecule has 2 unspecified atom stereocenters. The molecular formula is C27H31NO5. The van der Waals surface area contributed by atoms with E-state index in [-0.39, 0.29) is 29.9 Å². The number of benzene rings is 2. The second-order valence-corrected chi connectivity index (χ2v) is 9.08. The fraction of sp³-hybridized carbons (Fsp3) is 0.407. The zero-order chi connectivity index (χ0) is 23.5. The highest BCUT2D eigenvalue weighted by Crippen LogP contribution is 2.46. The maximum absolute atomic E-state index is 13.4. The Bertz CT molecular complexity index is 1070. The highest BCUT2D eigenvalue weighted by Gasteiger charge is 2.39. The lowest BCUT2D eigenvalue weighted by Gasteiger charge is -2.35. The van der Waals surface area contributed by atoms with Gasteiger partial charge in [-0.3, -0.25) is 9.59 Å². The number of Topliss-reactive ketones (excluding diaryl/α,β-unsaturated/α-hetero) is 1. The smallest absolute Gasteiger partial charge is 0.225 e. The third-order valence-corrected chi connectivity index (χ3v) is 6.28. The van der Waals surface area contributed by atoms with E-state index in [1.165, 1.54) is 0 Å². The molecule has 2 aromatic carbocycles. The maximum atomic E-state index is 13.4. The summed E-state index contributed by atoms with van der Waals surface area (Å²) in [6, 6.07) is 13.5. The van der Waals surface area contributed by atoms with E-state index in [0.717, 1.165) is 22.6 Å². The first-order chi connectivity index (χ1) is 15.9. The summed E-state index contributed by atoms with van der Waals surface area (Å²) >= 11 is 0. The van der Waals surface area contributed by atoms with E-state index in [9.17, 15) is 9.59 Å².